The Morgan fingerprint density at radius 2 is 1.02 bits per heavy atom. The summed E-state index contributed by atoms with van der Waals surface area (Å²) in [6.07, 6.45) is -8.85. The fourth-order valence-electron chi connectivity index (χ4n) is 5.25. The average molecular weight is 830 g/mol. The first-order valence-corrected chi connectivity index (χ1v) is 20.9. The Morgan fingerprint density at radius 3 is 1.40 bits per heavy atom. The van der Waals surface area contributed by atoms with Gasteiger partial charge in [-0.15, -0.1) is 0 Å². The molecular weight excluding hydrogens is 804 g/mol. The van der Waals surface area contributed by atoms with E-state index in [1.54, 1.807) is 0 Å². The third-order valence-electron chi connectivity index (χ3n) is 7.59. The molecular formula is C21H26N10O18P4-4. The van der Waals surface area contributed by atoms with Crippen molar-refractivity contribution in [2.75, 3.05) is 30.6 Å². The lowest BCUT2D eigenvalue weighted by atomic mass is 10.1. The predicted octanol–water partition coefficient (Wildman–Crippen LogP) is -4.86. The van der Waals surface area contributed by atoms with Gasteiger partial charge in [0.05, 0.1) is 31.8 Å². The molecule has 0 aromatic carbocycles. The van der Waals surface area contributed by atoms with Gasteiger partial charge in [0.2, 0.25) is 0 Å². The van der Waals surface area contributed by atoms with Gasteiger partial charge < -0.3 is 79.1 Å². The van der Waals surface area contributed by atoms with Crippen LogP contribution < -0.4 is 31.0 Å². The SMILES string of the molecule is Nc1ncnc2c1ncn2[C@@H]1O[C@H](COP(=O)([O-])OP(=O)([O-])CP(=O)([O-])OP(=O)([O-])OC[C@H]2O[C@@H](n3cnc4c(N)ncnc43)[C@@H](O)C2O)C(O)C1O. The first-order valence-electron chi connectivity index (χ1n) is 14.5. The molecule has 7 unspecified atom stereocenters. The molecule has 0 amide bonds. The van der Waals surface area contributed by atoms with Crippen LogP contribution in [0.2, 0.25) is 0 Å². The van der Waals surface area contributed by atoms with Crippen LogP contribution in [-0.2, 0) is 45.4 Å². The molecule has 2 aliphatic heterocycles. The highest BCUT2D eigenvalue weighted by Crippen LogP contribution is 2.65. The molecule has 28 nitrogen and oxygen atoms in total. The van der Waals surface area contributed by atoms with Crippen LogP contribution in [0.3, 0.4) is 0 Å². The van der Waals surface area contributed by atoms with E-state index in [0.29, 0.717) is 0 Å². The van der Waals surface area contributed by atoms with E-state index in [0.717, 1.165) is 34.4 Å². The summed E-state index contributed by atoms with van der Waals surface area (Å²) in [4.78, 5) is 72.6. The van der Waals surface area contributed by atoms with E-state index in [4.69, 9.17) is 20.9 Å². The fourth-order valence-corrected chi connectivity index (χ4v) is 11.8. The van der Waals surface area contributed by atoms with Crippen LogP contribution in [0, 0.1) is 0 Å². The van der Waals surface area contributed by atoms with Crippen LogP contribution in [0.15, 0.2) is 25.3 Å². The summed E-state index contributed by atoms with van der Waals surface area (Å²) in [5.74, 6) is -2.40. The lowest BCUT2D eigenvalue weighted by Crippen LogP contribution is -2.34. The van der Waals surface area contributed by atoms with E-state index in [9.17, 15) is 58.3 Å². The van der Waals surface area contributed by atoms with E-state index in [1.807, 2.05) is 0 Å². The third kappa shape index (κ3) is 8.50. The van der Waals surface area contributed by atoms with E-state index in [1.165, 1.54) is 0 Å². The average Bonchev–Trinajstić information content (AvgIpc) is 3.80. The van der Waals surface area contributed by atoms with E-state index < -0.39 is 99.0 Å². The van der Waals surface area contributed by atoms with Crippen molar-refractivity contribution in [1.82, 2.24) is 39.0 Å². The molecule has 2 aliphatic rings. The minimum Gasteiger partial charge on any atom is -0.778 e. The number of phosphoric ester groups is 2. The number of imidazole rings is 2. The molecule has 2 saturated heterocycles. The number of rotatable bonds is 14. The summed E-state index contributed by atoms with van der Waals surface area (Å²) in [5.41, 5.74) is 11.8. The van der Waals surface area contributed by atoms with Crippen LogP contribution in [0.1, 0.15) is 12.5 Å². The minimum atomic E-state index is -6.10. The minimum absolute atomic E-state index is 0.0245. The van der Waals surface area contributed by atoms with Crippen molar-refractivity contribution in [3.05, 3.63) is 25.3 Å². The number of fused-ring (bicyclic) bond motifs is 2. The lowest BCUT2D eigenvalue weighted by Gasteiger charge is -2.37. The molecule has 2 fully saturated rings. The maximum atomic E-state index is 12.3. The molecule has 0 bridgehead atoms. The Labute approximate surface area is 294 Å². The van der Waals surface area contributed by atoms with Gasteiger partial charge in [-0.3, -0.25) is 26.9 Å². The van der Waals surface area contributed by atoms with Crippen LogP contribution in [-0.4, -0.2) is 115 Å². The molecule has 292 valence electrons. The zero-order chi connectivity index (χ0) is 38.7. The van der Waals surface area contributed by atoms with E-state index in [-0.39, 0.29) is 34.0 Å². The largest absolute Gasteiger partial charge is 0.778 e. The number of phosphoric acid groups is 2. The summed E-state index contributed by atoms with van der Waals surface area (Å²) in [7, 11) is -24.2. The van der Waals surface area contributed by atoms with Gasteiger partial charge in [0, 0.05) is 0 Å². The quantitative estimate of drug-likeness (QED) is 0.0649. The lowest BCUT2D eigenvalue weighted by molar-refractivity contribution is -0.235. The number of aliphatic hydroxyl groups excluding tert-OH is 4. The van der Waals surface area contributed by atoms with E-state index in [2.05, 4.69) is 47.6 Å². The molecule has 8 N–H and O–H groups in total. The van der Waals surface area contributed by atoms with Gasteiger partial charge >= 0.3 is 0 Å². The summed E-state index contributed by atoms with van der Waals surface area (Å²) >= 11 is 0. The Hall–Kier alpha value is -2.94. The fraction of sp³-hybridized carbons (Fsp3) is 0.524. The molecule has 0 spiro atoms. The molecule has 0 saturated carbocycles. The highest BCUT2D eigenvalue weighted by atomic mass is 31.3. The predicted molar refractivity (Wildman–Crippen MR) is 161 cm³/mol. The highest BCUT2D eigenvalue weighted by molar-refractivity contribution is 7.75. The molecule has 53 heavy (non-hydrogen) atoms. The smallest absolute Gasteiger partial charge is 0.272 e. The number of aromatic nitrogens is 8. The van der Waals surface area contributed by atoms with Gasteiger partial charge in [0.1, 0.15) is 60.3 Å². The zero-order valence-corrected chi connectivity index (χ0v) is 29.7. The Balaban J connectivity index is 1.01. The topological polar surface area (TPSA) is 436 Å². The molecule has 4 aromatic heterocycles. The van der Waals surface area contributed by atoms with Crippen molar-refractivity contribution >= 4 is 64.8 Å². The molecule has 0 radical (unpaired) electrons. The van der Waals surface area contributed by atoms with Crippen molar-refractivity contribution in [2.45, 2.75) is 49.1 Å². The number of ether oxygens (including phenoxy) is 2. The molecule has 4 aromatic rings. The second kappa shape index (κ2) is 14.6. The number of nitrogens with two attached hydrogens (primary N) is 2. The van der Waals surface area contributed by atoms with Crippen molar-refractivity contribution in [3.8, 4) is 0 Å². The number of hydrogen-bond donors (Lipinski definition) is 6. The Morgan fingerprint density at radius 1 is 0.642 bits per heavy atom. The van der Waals surface area contributed by atoms with Crippen LogP contribution >= 0.6 is 30.8 Å². The number of nitrogen functional groups attached to an aromatic ring is 2. The van der Waals surface area contributed by atoms with Gasteiger partial charge in [-0.1, -0.05) is 0 Å². The maximum absolute atomic E-state index is 12.3. The number of anilines is 2. The third-order valence-corrected chi connectivity index (χ3v) is 14.9. The summed E-state index contributed by atoms with van der Waals surface area (Å²) in [6.45, 7) is -2.34. The number of aliphatic hydroxyl groups is 4. The van der Waals surface area contributed by atoms with Crippen LogP contribution in [0.5, 0.6) is 0 Å². The van der Waals surface area contributed by atoms with Crippen molar-refractivity contribution in [3.63, 3.8) is 0 Å². The number of nitrogens with zero attached hydrogens (tertiary/aromatic N) is 8. The van der Waals surface area contributed by atoms with Crippen molar-refractivity contribution in [2.24, 2.45) is 0 Å². The molecule has 12 atom stereocenters. The summed E-state index contributed by atoms with van der Waals surface area (Å²) in [6, 6.07) is 0. The normalized spacial score (nSPS) is 30.9. The van der Waals surface area contributed by atoms with Gasteiger partial charge in [0.15, 0.2) is 50.6 Å². The van der Waals surface area contributed by atoms with Crippen molar-refractivity contribution < 1.29 is 85.4 Å². The van der Waals surface area contributed by atoms with Crippen LogP contribution in [0.25, 0.3) is 22.3 Å². The first kappa shape index (κ1) is 39.7. The second-order valence-electron chi connectivity index (χ2n) is 11.3. The van der Waals surface area contributed by atoms with Gasteiger partial charge in [-0.05, 0) is 0 Å². The maximum Gasteiger partial charge on any atom is 0.272 e. The number of hydrogen-bond acceptors (Lipinski definition) is 26. The zero-order valence-electron chi connectivity index (χ0n) is 26.1. The summed E-state index contributed by atoms with van der Waals surface area (Å²) in [5, 5.41) is 41.7. The molecule has 0 aliphatic carbocycles. The Bertz CT molecular complexity index is 2040. The first-order chi connectivity index (χ1) is 24.7. The Kier molecular flexibility index (Phi) is 11.0. The van der Waals surface area contributed by atoms with Gasteiger partial charge in [-0.2, -0.15) is 0 Å². The van der Waals surface area contributed by atoms with Gasteiger partial charge in [-0.25, -0.2) is 29.9 Å². The monoisotopic (exact) mass is 830 g/mol. The molecule has 6 rings (SSSR count). The molecule has 6 heterocycles. The van der Waals surface area contributed by atoms with Gasteiger partial charge in [0.25, 0.3) is 15.6 Å². The van der Waals surface area contributed by atoms with E-state index >= 15 is 0 Å². The second-order valence-corrected chi connectivity index (χ2v) is 18.5. The van der Waals surface area contributed by atoms with Crippen LogP contribution in [0.4, 0.5) is 11.6 Å². The highest BCUT2D eigenvalue weighted by Gasteiger charge is 2.46. The summed E-state index contributed by atoms with van der Waals surface area (Å²) < 4.78 is 79.0. The van der Waals surface area contributed by atoms with Crippen molar-refractivity contribution in [1.29, 1.82) is 0 Å². The standard InChI is InChI=1S/C21H30N10O18P4/c22-16-10-18(26-3-24-16)30(5-28-10)20-14(34)12(32)8(46-20)1-44-52(40,41)48-50(36,37)7-51(38,39)49-53(42,43)45-2-9-13(33)15(35)21(47-9)31-6-29-11-17(23)25-4-27-19(11)31/h3-6,8-9,12-15,20-21,32-35H,1-2,7H2,(H,36,37)(H,38,39)(H,40,41)(H,42,43)(H2,22,24,26)(H2,23,25,27)/p-4/t8-,9-,12?,13?,14+,15?,20-,21-/m1/s1. The molecule has 32 heteroatoms.